The van der Waals surface area contributed by atoms with Crippen LogP contribution in [0.25, 0.3) is 0 Å². The van der Waals surface area contributed by atoms with Crippen molar-refractivity contribution in [3.63, 3.8) is 0 Å². The fourth-order valence-corrected chi connectivity index (χ4v) is 3.32. The van der Waals surface area contributed by atoms with Gasteiger partial charge in [0.15, 0.2) is 0 Å². The number of hydrogen-bond acceptors (Lipinski definition) is 5. The minimum atomic E-state index is -0.749. The normalized spacial score (nSPS) is 12.0. The number of ether oxygens (including phenoxy) is 1. The second-order valence-corrected chi connectivity index (χ2v) is 9.00. The maximum atomic E-state index is 12.7. The van der Waals surface area contributed by atoms with E-state index in [-0.39, 0.29) is 17.9 Å². The highest BCUT2D eigenvalue weighted by atomic mass is 32.2. The highest BCUT2D eigenvalue weighted by Gasteiger charge is 2.23. The third-order valence-corrected chi connectivity index (χ3v) is 5.37. The van der Waals surface area contributed by atoms with Gasteiger partial charge in [0.2, 0.25) is 0 Å². The zero-order valence-electron chi connectivity index (χ0n) is 17.9. The van der Waals surface area contributed by atoms with Crippen LogP contribution in [0, 0.1) is 11.3 Å². The van der Waals surface area contributed by atoms with Crippen molar-refractivity contribution in [1.29, 1.82) is 5.26 Å². The van der Waals surface area contributed by atoms with E-state index in [1.807, 2.05) is 18.4 Å². The Morgan fingerprint density at radius 3 is 2.40 bits per heavy atom. The van der Waals surface area contributed by atoms with E-state index in [2.05, 4.69) is 32.2 Å². The highest BCUT2D eigenvalue weighted by molar-refractivity contribution is 7.98. The Labute approximate surface area is 182 Å². The van der Waals surface area contributed by atoms with Crippen LogP contribution in [-0.4, -0.2) is 29.9 Å². The number of amides is 1. The van der Waals surface area contributed by atoms with Crippen LogP contribution in [-0.2, 0) is 21.6 Å². The van der Waals surface area contributed by atoms with Crippen LogP contribution in [0.1, 0.15) is 54.2 Å². The third kappa shape index (κ3) is 6.64. The number of nitrogens with zero attached hydrogens (tertiary/aromatic N) is 1. The molecule has 0 spiro atoms. The number of carbonyl (C=O) groups is 2. The predicted octanol–water partition coefficient (Wildman–Crippen LogP) is 4.45. The number of nitrogens with one attached hydrogen (secondary N) is 1. The fourth-order valence-electron chi connectivity index (χ4n) is 2.85. The summed E-state index contributed by atoms with van der Waals surface area (Å²) in [5.74, 6) is -0.106. The van der Waals surface area contributed by atoms with Crippen LogP contribution in [0.5, 0.6) is 0 Å². The fraction of sp³-hybridized carbons (Fsp3) is 0.375. The Bertz CT molecular complexity index is 911. The Morgan fingerprint density at radius 2 is 1.80 bits per heavy atom. The number of benzene rings is 2. The summed E-state index contributed by atoms with van der Waals surface area (Å²) in [6.45, 7) is 6.33. The maximum absolute atomic E-state index is 12.7. The summed E-state index contributed by atoms with van der Waals surface area (Å²) in [7, 11) is 0. The molecule has 0 saturated carbocycles. The molecule has 0 fully saturated rings. The molecule has 0 aliphatic rings. The average Bonchev–Trinajstić information content (AvgIpc) is 2.74. The second-order valence-electron chi connectivity index (χ2n) is 8.01. The number of esters is 1. The molecule has 0 aliphatic heterocycles. The van der Waals surface area contributed by atoms with Crippen LogP contribution >= 0.6 is 11.8 Å². The van der Waals surface area contributed by atoms with Crippen LogP contribution in [0.3, 0.4) is 0 Å². The minimum Gasteiger partial charge on any atom is -0.459 e. The molecule has 1 amide bonds. The largest absolute Gasteiger partial charge is 0.459 e. The van der Waals surface area contributed by atoms with Gasteiger partial charge in [0.05, 0.1) is 11.6 Å². The predicted molar refractivity (Wildman–Crippen MR) is 120 cm³/mol. The number of carbonyl (C=O) groups excluding carboxylic acids is 2. The van der Waals surface area contributed by atoms with Gasteiger partial charge in [-0.2, -0.15) is 17.0 Å². The monoisotopic (exact) mass is 424 g/mol. The van der Waals surface area contributed by atoms with Crippen molar-refractivity contribution in [3.05, 3.63) is 70.8 Å². The Morgan fingerprint density at radius 1 is 1.13 bits per heavy atom. The molecule has 0 saturated heterocycles. The standard InChI is InChI=1S/C24H28N2O3S/c1-24(2,3)20-11-9-17(10-12-20)22(27)26-21(13-14-30-4)23(28)29-16-19-8-6-5-7-18(19)15-25/h5-12,21H,13-14,16H2,1-4H3,(H,26,27). The summed E-state index contributed by atoms with van der Waals surface area (Å²) >= 11 is 1.59. The molecule has 1 unspecified atom stereocenters. The van der Waals surface area contributed by atoms with Gasteiger partial charge >= 0.3 is 5.97 Å². The number of thioether (sulfide) groups is 1. The first kappa shape index (κ1) is 23.5. The van der Waals surface area contributed by atoms with E-state index in [1.165, 1.54) is 0 Å². The van der Waals surface area contributed by atoms with Crippen LogP contribution < -0.4 is 5.32 Å². The topological polar surface area (TPSA) is 79.2 Å². The molecular formula is C24H28N2O3S. The number of hydrogen-bond donors (Lipinski definition) is 1. The molecule has 0 bridgehead atoms. The molecule has 0 radical (unpaired) electrons. The molecule has 2 aromatic carbocycles. The van der Waals surface area contributed by atoms with E-state index in [0.717, 1.165) is 5.56 Å². The first-order valence-corrected chi connectivity index (χ1v) is 11.2. The molecule has 1 N–H and O–H groups in total. The Hall–Kier alpha value is -2.78. The zero-order chi connectivity index (χ0) is 22.1. The van der Waals surface area contributed by atoms with E-state index >= 15 is 0 Å². The van der Waals surface area contributed by atoms with E-state index in [1.54, 1.807) is 48.2 Å². The van der Waals surface area contributed by atoms with Crippen molar-refractivity contribution in [3.8, 4) is 6.07 Å². The van der Waals surface area contributed by atoms with E-state index < -0.39 is 12.0 Å². The summed E-state index contributed by atoms with van der Waals surface area (Å²) < 4.78 is 5.42. The van der Waals surface area contributed by atoms with Crippen LogP contribution in [0.15, 0.2) is 48.5 Å². The van der Waals surface area contributed by atoms with E-state index in [4.69, 9.17) is 4.74 Å². The second kappa shape index (κ2) is 10.8. The van der Waals surface area contributed by atoms with Crippen molar-refractivity contribution in [2.75, 3.05) is 12.0 Å². The van der Waals surface area contributed by atoms with Gasteiger partial charge in [0, 0.05) is 11.1 Å². The van der Waals surface area contributed by atoms with Crippen molar-refractivity contribution < 1.29 is 14.3 Å². The highest BCUT2D eigenvalue weighted by Crippen LogP contribution is 2.22. The van der Waals surface area contributed by atoms with Crippen LogP contribution in [0.4, 0.5) is 0 Å². The van der Waals surface area contributed by atoms with E-state index in [0.29, 0.717) is 28.9 Å². The van der Waals surface area contributed by atoms with Crippen molar-refractivity contribution >= 4 is 23.6 Å². The number of nitriles is 1. The van der Waals surface area contributed by atoms with Gasteiger partial charge in [-0.05, 0) is 47.6 Å². The van der Waals surface area contributed by atoms with Gasteiger partial charge in [-0.1, -0.05) is 51.1 Å². The molecule has 2 rings (SSSR count). The van der Waals surface area contributed by atoms with Crippen molar-refractivity contribution in [2.24, 2.45) is 0 Å². The molecule has 0 aromatic heterocycles. The quantitative estimate of drug-likeness (QED) is 0.633. The molecule has 0 heterocycles. The summed E-state index contributed by atoms with van der Waals surface area (Å²) in [4.78, 5) is 25.3. The lowest BCUT2D eigenvalue weighted by Crippen LogP contribution is -2.42. The SMILES string of the molecule is CSCCC(NC(=O)c1ccc(C(C)(C)C)cc1)C(=O)OCc1ccccc1C#N. The smallest absolute Gasteiger partial charge is 0.329 e. The molecule has 0 aliphatic carbocycles. The van der Waals surface area contributed by atoms with Crippen LogP contribution in [0.2, 0.25) is 0 Å². The molecular weight excluding hydrogens is 396 g/mol. The molecule has 6 heteroatoms. The lowest BCUT2D eigenvalue weighted by molar-refractivity contribution is -0.147. The number of rotatable bonds is 8. The van der Waals surface area contributed by atoms with Gasteiger partial charge in [0.1, 0.15) is 12.6 Å². The summed E-state index contributed by atoms with van der Waals surface area (Å²) in [6.07, 6.45) is 2.41. The summed E-state index contributed by atoms with van der Waals surface area (Å²) in [5, 5.41) is 12.0. The molecule has 1 atom stereocenters. The van der Waals surface area contributed by atoms with Crippen molar-refractivity contribution in [1.82, 2.24) is 5.32 Å². The molecule has 30 heavy (non-hydrogen) atoms. The Kier molecular flexibility index (Phi) is 8.49. The van der Waals surface area contributed by atoms with Gasteiger partial charge in [-0.15, -0.1) is 0 Å². The molecule has 2 aromatic rings. The first-order valence-electron chi connectivity index (χ1n) is 9.81. The third-order valence-electron chi connectivity index (χ3n) is 4.72. The molecule has 5 nitrogen and oxygen atoms in total. The van der Waals surface area contributed by atoms with E-state index in [9.17, 15) is 14.9 Å². The summed E-state index contributed by atoms with van der Waals surface area (Å²) in [6, 6.07) is 15.7. The van der Waals surface area contributed by atoms with Gasteiger partial charge in [0.25, 0.3) is 5.91 Å². The summed E-state index contributed by atoms with van der Waals surface area (Å²) in [5.41, 5.74) is 2.74. The van der Waals surface area contributed by atoms with Gasteiger partial charge in [-0.25, -0.2) is 4.79 Å². The van der Waals surface area contributed by atoms with Crippen molar-refractivity contribution in [2.45, 2.75) is 45.3 Å². The zero-order valence-corrected chi connectivity index (χ0v) is 18.7. The first-order chi connectivity index (χ1) is 14.3. The average molecular weight is 425 g/mol. The molecule has 158 valence electrons. The van der Waals surface area contributed by atoms with Gasteiger partial charge < -0.3 is 10.1 Å². The lowest BCUT2D eigenvalue weighted by Gasteiger charge is -2.20. The maximum Gasteiger partial charge on any atom is 0.329 e. The lowest BCUT2D eigenvalue weighted by atomic mass is 9.86. The minimum absolute atomic E-state index is 0.000581. The van der Waals surface area contributed by atoms with Gasteiger partial charge in [-0.3, -0.25) is 4.79 Å². The Balaban J connectivity index is 2.06.